The molecule has 0 saturated carbocycles. The third-order valence-corrected chi connectivity index (χ3v) is 2.60. The third kappa shape index (κ3) is 5.04. The van der Waals surface area contributed by atoms with Gasteiger partial charge in [0.05, 0.1) is 0 Å². The van der Waals surface area contributed by atoms with Crippen molar-refractivity contribution in [1.82, 2.24) is 5.32 Å². The van der Waals surface area contributed by atoms with Gasteiger partial charge in [-0.25, -0.2) is 0 Å². The number of methoxy groups -OCH3 is 1. The zero-order chi connectivity index (χ0) is 12.7. The van der Waals surface area contributed by atoms with Crippen molar-refractivity contribution in [3.63, 3.8) is 0 Å². The largest absolute Gasteiger partial charge is 0.367 e. The molecule has 0 fully saturated rings. The van der Waals surface area contributed by atoms with Crippen LogP contribution in [0.15, 0.2) is 30.3 Å². The minimum atomic E-state index is -0.554. The second-order valence-corrected chi connectivity index (χ2v) is 4.11. The van der Waals surface area contributed by atoms with Gasteiger partial charge in [0.25, 0.3) is 5.91 Å². The normalized spacial score (nSPS) is 13.3. The van der Waals surface area contributed by atoms with Gasteiger partial charge < -0.3 is 15.8 Å². The number of carbonyl (C=O) groups is 1. The molecule has 1 aromatic carbocycles. The molecule has 0 heterocycles. The number of ether oxygens (including phenoxy) is 1. The molecule has 1 amide bonds. The summed E-state index contributed by atoms with van der Waals surface area (Å²) >= 11 is 0. The van der Waals surface area contributed by atoms with Gasteiger partial charge >= 0.3 is 0 Å². The summed E-state index contributed by atoms with van der Waals surface area (Å²) in [4.78, 5) is 11.9. The van der Waals surface area contributed by atoms with E-state index in [0.29, 0.717) is 13.1 Å². The summed E-state index contributed by atoms with van der Waals surface area (Å²) in [7, 11) is 1.53. The topological polar surface area (TPSA) is 64.3 Å². The van der Waals surface area contributed by atoms with E-state index in [0.717, 1.165) is 5.56 Å². The molecule has 1 aromatic rings. The van der Waals surface area contributed by atoms with Crippen molar-refractivity contribution in [2.45, 2.75) is 13.0 Å². The summed E-state index contributed by atoms with van der Waals surface area (Å²) in [6.45, 7) is 3.12. The fraction of sp³-hybridized carbons (Fsp3) is 0.462. The molecule has 0 aliphatic heterocycles. The molecule has 0 aliphatic rings. The van der Waals surface area contributed by atoms with E-state index in [-0.39, 0.29) is 24.2 Å². The first-order chi connectivity index (χ1) is 8.19. The quantitative estimate of drug-likeness (QED) is 0.825. The Balaban J connectivity index is 0.00000289. The number of amides is 1. The van der Waals surface area contributed by atoms with Gasteiger partial charge in [0.2, 0.25) is 0 Å². The Kier molecular flexibility index (Phi) is 8.37. The average Bonchev–Trinajstić information content (AvgIpc) is 2.38. The molecular formula is C13H21ClN2O2. The smallest absolute Gasteiger partial charge is 0.253 e. The van der Waals surface area contributed by atoms with E-state index in [1.165, 1.54) is 7.11 Å². The molecule has 0 radical (unpaired) electrons. The summed E-state index contributed by atoms with van der Waals surface area (Å²) < 4.78 is 5.22. The fourth-order valence-corrected chi connectivity index (χ4v) is 1.47. The summed E-state index contributed by atoms with van der Waals surface area (Å²) in [5, 5.41) is 2.84. The lowest BCUT2D eigenvalue weighted by molar-refractivity contribution is -0.131. The number of benzene rings is 1. The highest BCUT2D eigenvalue weighted by Crippen LogP contribution is 2.16. The Hall–Kier alpha value is -1.10. The lowest BCUT2D eigenvalue weighted by atomic mass is 10.1. The van der Waals surface area contributed by atoms with Crippen molar-refractivity contribution in [2.24, 2.45) is 11.7 Å². The zero-order valence-corrected chi connectivity index (χ0v) is 11.6. The van der Waals surface area contributed by atoms with E-state index >= 15 is 0 Å². The van der Waals surface area contributed by atoms with Crippen LogP contribution in [0.4, 0.5) is 0 Å². The minimum Gasteiger partial charge on any atom is -0.367 e. The van der Waals surface area contributed by atoms with Crippen LogP contribution in [0, 0.1) is 5.92 Å². The number of rotatable bonds is 6. The van der Waals surface area contributed by atoms with Crippen molar-refractivity contribution in [3.05, 3.63) is 35.9 Å². The van der Waals surface area contributed by atoms with Crippen molar-refractivity contribution in [2.75, 3.05) is 20.2 Å². The van der Waals surface area contributed by atoms with Crippen molar-refractivity contribution >= 4 is 18.3 Å². The molecule has 0 aliphatic carbocycles. The van der Waals surface area contributed by atoms with Crippen LogP contribution < -0.4 is 11.1 Å². The molecule has 2 atom stereocenters. The summed E-state index contributed by atoms with van der Waals surface area (Å²) in [6.07, 6.45) is -0.554. The van der Waals surface area contributed by atoms with Gasteiger partial charge in [-0.2, -0.15) is 0 Å². The van der Waals surface area contributed by atoms with Crippen LogP contribution in [-0.4, -0.2) is 26.1 Å². The Labute approximate surface area is 114 Å². The minimum absolute atomic E-state index is 0. The summed E-state index contributed by atoms with van der Waals surface area (Å²) in [5.74, 6) is 0.145. The number of nitrogens with two attached hydrogens (primary N) is 1. The van der Waals surface area contributed by atoms with E-state index in [4.69, 9.17) is 10.5 Å². The van der Waals surface area contributed by atoms with E-state index < -0.39 is 6.10 Å². The SMILES string of the molecule is COC(C(=O)NCC(C)CN)c1ccccc1.Cl. The Morgan fingerprint density at radius 1 is 1.39 bits per heavy atom. The lowest BCUT2D eigenvalue weighted by Gasteiger charge is -2.17. The number of halogens is 1. The molecule has 0 spiro atoms. The standard InChI is InChI=1S/C13H20N2O2.ClH/c1-10(8-14)9-15-13(16)12(17-2)11-6-4-3-5-7-11;/h3-7,10,12H,8-9,14H2,1-2H3,(H,15,16);1H. The number of nitrogens with one attached hydrogen (secondary N) is 1. The first kappa shape index (κ1) is 16.9. The Bertz CT molecular complexity index is 346. The molecular weight excluding hydrogens is 252 g/mol. The average molecular weight is 273 g/mol. The van der Waals surface area contributed by atoms with Gasteiger partial charge in [-0.15, -0.1) is 12.4 Å². The molecule has 2 unspecified atom stereocenters. The van der Waals surface area contributed by atoms with Crippen molar-refractivity contribution in [3.8, 4) is 0 Å². The van der Waals surface area contributed by atoms with E-state index in [1.54, 1.807) is 0 Å². The van der Waals surface area contributed by atoms with Gasteiger partial charge in [0.15, 0.2) is 6.10 Å². The highest BCUT2D eigenvalue weighted by molar-refractivity contribution is 5.85. The number of hydrogen-bond donors (Lipinski definition) is 2. The van der Waals surface area contributed by atoms with E-state index in [2.05, 4.69) is 5.32 Å². The fourth-order valence-electron chi connectivity index (χ4n) is 1.47. The Morgan fingerprint density at radius 3 is 2.50 bits per heavy atom. The van der Waals surface area contributed by atoms with Crippen LogP contribution >= 0.6 is 12.4 Å². The molecule has 18 heavy (non-hydrogen) atoms. The maximum absolute atomic E-state index is 11.9. The van der Waals surface area contributed by atoms with Crippen LogP contribution in [0.5, 0.6) is 0 Å². The first-order valence-corrected chi connectivity index (χ1v) is 5.74. The Morgan fingerprint density at radius 2 is 2.00 bits per heavy atom. The van der Waals surface area contributed by atoms with Gasteiger partial charge in [-0.3, -0.25) is 4.79 Å². The molecule has 102 valence electrons. The molecule has 1 rings (SSSR count). The molecule has 0 bridgehead atoms. The van der Waals surface area contributed by atoms with Gasteiger partial charge in [-0.05, 0) is 18.0 Å². The third-order valence-electron chi connectivity index (χ3n) is 2.60. The summed E-state index contributed by atoms with van der Waals surface area (Å²) in [6, 6.07) is 9.43. The van der Waals surface area contributed by atoms with Gasteiger partial charge in [-0.1, -0.05) is 37.3 Å². The monoisotopic (exact) mass is 272 g/mol. The van der Waals surface area contributed by atoms with Crippen molar-refractivity contribution in [1.29, 1.82) is 0 Å². The maximum Gasteiger partial charge on any atom is 0.253 e. The molecule has 3 N–H and O–H groups in total. The van der Waals surface area contributed by atoms with Gasteiger partial charge in [0, 0.05) is 13.7 Å². The summed E-state index contributed by atoms with van der Waals surface area (Å²) in [5.41, 5.74) is 6.35. The maximum atomic E-state index is 11.9. The second kappa shape index (κ2) is 8.91. The lowest BCUT2D eigenvalue weighted by Crippen LogP contribution is -2.35. The number of carbonyl (C=O) groups excluding carboxylic acids is 1. The van der Waals surface area contributed by atoms with Crippen LogP contribution in [-0.2, 0) is 9.53 Å². The van der Waals surface area contributed by atoms with Crippen LogP contribution in [0.1, 0.15) is 18.6 Å². The van der Waals surface area contributed by atoms with Crippen molar-refractivity contribution < 1.29 is 9.53 Å². The first-order valence-electron chi connectivity index (χ1n) is 5.74. The molecule has 5 heteroatoms. The predicted molar refractivity (Wildman–Crippen MR) is 74.7 cm³/mol. The second-order valence-electron chi connectivity index (χ2n) is 4.11. The molecule has 0 aromatic heterocycles. The van der Waals surface area contributed by atoms with Crippen LogP contribution in [0.2, 0.25) is 0 Å². The predicted octanol–water partition coefficient (Wildman–Crippen LogP) is 1.51. The van der Waals surface area contributed by atoms with Gasteiger partial charge in [0.1, 0.15) is 0 Å². The highest BCUT2D eigenvalue weighted by Gasteiger charge is 2.19. The van der Waals surface area contributed by atoms with E-state index in [9.17, 15) is 4.79 Å². The van der Waals surface area contributed by atoms with Crippen LogP contribution in [0.3, 0.4) is 0 Å². The van der Waals surface area contributed by atoms with E-state index in [1.807, 2.05) is 37.3 Å². The molecule has 4 nitrogen and oxygen atoms in total. The zero-order valence-electron chi connectivity index (χ0n) is 10.8. The number of hydrogen-bond acceptors (Lipinski definition) is 3. The highest BCUT2D eigenvalue weighted by atomic mass is 35.5. The van der Waals surface area contributed by atoms with Crippen LogP contribution in [0.25, 0.3) is 0 Å². The molecule has 0 saturated heterocycles.